The van der Waals surface area contributed by atoms with E-state index in [4.69, 9.17) is 15.3 Å². The van der Waals surface area contributed by atoms with Gasteiger partial charge in [0.1, 0.15) is 0 Å². The molecule has 0 aromatic carbocycles. The lowest BCUT2D eigenvalue weighted by molar-refractivity contribution is 0.0928. The van der Waals surface area contributed by atoms with E-state index < -0.39 is 8.32 Å². The summed E-state index contributed by atoms with van der Waals surface area (Å²) in [7, 11) is -1.73. The normalized spacial score (nSPS) is 17.6. The summed E-state index contributed by atoms with van der Waals surface area (Å²) in [4.78, 5) is 0. The fourth-order valence-corrected chi connectivity index (χ4v) is 2.63. The maximum Gasteiger partial charge on any atom is 0.192 e. The second-order valence-electron chi connectivity index (χ2n) is 5.76. The first-order valence-corrected chi connectivity index (χ1v) is 8.55. The maximum absolute atomic E-state index is 9.15. The van der Waals surface area contributed by atoms with E-state index in [1.165, 1.54) is 0 Å². The molecule has 0 spiro atoms. The molecular weight excluding hydrogens is 206 g/mol. The summed E-state index contributed by atoms with van der Waals surface area (Å²) in [5.74, 6) is 0.0547. The molecule has 0 amide bonds. The molecule has 0 aromatic rings. The van der Waals surface area contributed by atoms with Gasteiger partial charge in [-0.1, -0.05) is 20.8 Å². The molecule has 0 aromatic heterocycles. The van der Waals surface area contributed by atoms with Gasteiger partial charge in [-0.2, -0.15) is 0 Å². The summed E-state index contributed by atoms with van der Waals surface area (Å²) >= 11 is 0. The molecule has 0 aliphatic heterocycles. The lowest BCUT2D eigenvalue weighted by Crippen LogP contribution is -2.46. The van der Waals surface area contributed by atoms with E-state index in [0.29, 0.717) is 6.54 Å². The quantitative estimate of drug-likeness (QED) is 0.714. The van der Waals surface area contributed by atoms with Gasteiger partial charge in [0.05, 0.1) is 0 Å². The van der Waals surface area contributed by atoms with E-state index in [0.717, 1.165) is 0 Å². The number of hydrogen-bond donors (Lipinski definition) is 2. The lowest BCUT2D eigenvalue weighted by atomic mass is 10.1. The molecule has 3 N–H and O–H groups in total. The van der Waals surface area contributed by atoms with Crippen molar-refractivity contribution in [1.29, 1.82) is 0 Å². The Morgan fingerprint density at radius 2 is 1.80 bits per heavy atom. The van der Waals surface area contributed by atoms with Gasteiger partial charge in [0.25, 0.3) is 0 Å². The van der Waals surface area contributed by atoms with Crippen LogP contribution in [0.1, 0.15) is 27.7 Å². The number of aliphatic hydroxyl groups excluding tert-OH is 1. The molecule has 0 radical (unpaired) electrons. The number of nitrogens with two attached hydrogens (primary N) is 1. The van der Waals surface area contributed by atoms with Crippen molar-refractivity contribution in [3.63, 3.8) is 0 Å². The van der Waals surface area contributed by atoms with Gasteiger partial charge in [0.2, 0.25) is 0 Å². The summed E-state index contributed by atoms with van der Waals surface area (Å²) in [6.45, 7) is 13.7. The van der Waals surface area contributed by atoms with Crippen molar-refractivity contribution < 1.29 is 9.53 Å². The molecule has 0 saturated carbocycles. The number of rotatable bonds is 5. The maximum atomic E-state index is 9.15. The molecule has 0 aliphatic rings. The van der Waals surface area contributed by atoms with Crippen molar-refractivity contribution in [3.05, 3.63) is 0 Å². The third-order valence-corrected chi connectivity index (χ3v) is 8.06. The Bertz CT molecular complexity index is 186. The second-order valence-corrected chi connectivity index (χ2v) is 10.5. The smallest absolute Gasteiger partial charge is 0.192 e. The van der Waals surface area contributed by atoms with Crippen molar-refractivity contribution in [1.82, 2.24) is 0 Å². The van der Waals surface area contributed by atoms with Gasteiger partial charge in [-0.25, -0.2) is 0 Å². The van der Waals surface area contributed by atoms with Crippen LogP contribution in [0, 0.1) is 5.92 Å². The predicted octanol–water partition coefficient (Wildman–Crippen LogP) is 1.96. The second kappa shape index (κ2) is 5.43. The van der Waals surface area contributed by atoms with E-state index in [1.54, 1.807) is 0 Å². The van der Waals surface area contributed by atoms with Crippen LogP contribution in [-0.2, 0) is 4.43 Å². The first-order chi connectivity index (χ1) is 6.65. The number of aliphatic hydroxyl groups is 1. The zero-order chi connectivity index (χ0) is 12.3. The average molecular weight is 233 g/mol. The molecule has 2 atom stereocenters. The summed E-state index contributed by atoms with van der Waals surface area (Å²) in [5, 5.41) is 9.36. The van der Waals surface area contributed by atoms with Crippen molar-refractivity contribution in [2.45, 2.75) is 51.9 Å². The topological polar surface area (TPSA) is 55.5 Å². The van der Waals surface area contributed by atoms with Crippen molar-refractivity contribution in [2.24, 2.45) is 11.7 Å². The van der Waals surface area contributed by atoms with E-state index >= 15 is 0 Å². The molecular formula is C11H27NO2Si. The highest BCUT2D eigenvalue weighted by Gasteiger charge is 2.39. The van der Waals surface area contributed by atoms with Crippen molar-refractivity contribution in [3.8, 4) is 0 Å². The zero-order valence-corrected chi connectivity index (χ0v) is 12.0. The number of hydrogen-bond acceptors (Lipinski definition) is 3. The van der Waals surface area contributed by atoms with Gasteiger partial charge >= 0.3 is 0 Å². The Morgan fingerprint density at radius 3 is 2.07 bits per heavy atom. The highest BCUT2D eigenvalue weighted by atomic mass is 28.4. The van der Waals surface area contributed by atoms with E-state index in [-0.39, 0.29) is 23.7 Å². The van der Waals surface area contributed by atoms with Crippen LogP contribution in [0.4, 0.5) is 0 Å². The lowest BCUT2D eigenvalue weighted by Gasteiger charge is -2.40. The summed E-state index contributed by atoms with van der Waals surface area (Å²) < 4.78 is 6.15. The molecule has 0 fully saturated rings. The average Bonchev–Trinajstić information content (AvgIpc) is 2.03. The summed E-state index contributed by atoms with van der Waals surface area (Å²) in [5.41, 5.74) is 5.59. The Hall–Kier alpha value is 0.0969. The largest absolute Gasteiger partial charge is 0.414 e. The minimum absolute atomic E-state index is 0.0425. The van der Waals surface area contributed by atoms with Gasteiger partial charge in [-0.15, -0.1) is 0 Å². The molecule has 2 unspecified atom stereocenters. The third-order valence-electron chi connectivity index (χ3n) is 3.49. The molecule has 15 heavy (non-hydrogen) atoms. The highest BCUT2D eigenvalue weighted by Crippen LogP contribution is 2.37. The first-order valence-electron chi connectivity index (χ1n) is 5.64. The monoisotopic (exact) mass is 233 g/mol. The minimum atomic E-state index is -1.73. The fraction of sp³-hybridized carbons (Fsp3) is 1.00. The molecule has 0 aliphatic carbocycles. The Labute approximate surface area is 95.1 Å². The van der Waals surface area contributed by atoms with Crippen LogP contribution in [0.2, 0.25) is 18.1 Å². The van der Waals surface area contributed by atoms with Gasteiger partial charge in [-0.3, -0.25) is 0 Å². The van der Waals surface area contributed by atoms with Crippen LogP contribution < -0.4 is 5.73 Å². The predicted molar refractivity (Wildman–Crippen MR) is 67.4 cm³/mol. The van der Waals surface area contributed by atoms with Crippen LogP contribution in [0.5, 0.6) is 0 Å². The van der Waals surface area contributed by atoms with Crippen molar-refractivity contribution >= 4 is 8.32 Å². The van der Waals surface area contributed by atoms with Gasteiger partial charge in [0.15, 0.2) is 8.32 Å². The van der Waals surface area contributed by atoms with Crippen LogP contribution in [0.15, 0.2) is 0 Å². The highest BCUT2D eigenvalue weighted by molar-refractivity contribution is 6.74. The van der Waals surface area contributed by atoms with Gasteiger partial charge < -0.3 is 15.3 Å². The third kappa shape index (κ3) is 4.22. The standard InChI is InChI=1S/C11H27NO2Si/c1-9(10(7-12)8-13)14-15(5,6)11(2,3)4/h9-10,13H,7-8,12H2,1-6H3. The Morgan fingerprint density at radius 1 is 1.33 bits per heavy atom. The van der Waals surface area contributed by atoms with E-state index in [1.807, 2.05) is 6.92 Å². The SMILES string of the molecule is CC(O[Si](C)(C)C(C)(C)C)C(CN)CO. The Kier molecular flexibility index (Phi) is 5.47. The zero-order valence-electron chi connectivity index (χ0n) is 11.0. The molecule has 0 rings (SSSR count). The van der Waals surface area contributed by atoms with E-state index in [2.05, 4.69) is 33.9 Å². The molecule has 92 valence electrons. The van der Waals surface area contributed by atoms with Gasteiger partial charge in [-0.05, 0) is 31.6 Å². The van der Waals surface area contributed by atoms with Crippen LogP contribution in [-0.4, -0.2) is 32.7 Å². The molecule has 3 nitrogen and oxygen atoms in total. The fourth-order valence-electron chi connectivity index (χ4n) is 1.15. The van der Waals surface area contributed by atoms with Crippen LogP contribution in [0.25, 0.3) is 0 Å². The van der Waals surface area contributed by atoms with E-state index in [9.17, 15) is 0 Å². The molecule has 0 heterocycles. The Balaban J connectivity index is 4.45. The van der Waals surface area contributed by atoms with Crippen LogP contribution in [0.3, 0.4) is 0 Å². The van der Waals surface area contributed by atoms with Crippen LogP contribution >= 0.6 is 0 Å². The van der Waals surface area contributed by atoms with Gasteiger partial charge in [0, 0.05) is 18.6 Å². The first kappa shape index (κ1) is 15.1. The minimum Gasteiger partial charge on any atom is -0.414 e. The summed E-state index contributed by atoms with van der Waals surface area (Å²) in [6.07, 6.45) is 0.0425. The molecule has 4 heteroatoms. The molecule has 0 saturated heterocycles. The molecule has 0 bridgehead atoms. The summed E-state index contributed by atoms with van der Waals surface area (Å²) in [6, 6.07) is 0. The van der Waals surface area contributed by atoms with Crippen molar-refractivity contribution in [2.75, 3.05) is 13.2 Å².